The predicted octanol–water partition coefficient (Wildman–Crippen LogP) is 3.34. The minimum absolute atomic E-state index is 0.151. The van der Waals surface area contributed by atoms with Crippen molar-refractivity contribution in [3.63, 3.8) is 0 Å². The van der Waals surface area contributed by atoms with Gasteiger partial charge in [-0.25, -0.2) is 4.39 Å². The van der Waals surface area contributed by atoms with Gasteiger partial charge in [-0.15, -0.1) is 0 Å². The van der Waals surface area contributed by atoms with E-state index < -0.39 is 0 Å². The Hall–Kier alpha value is -1.67. The molecule has 0 saturated heterocycles. The molecule has 0 aromatic heterocycles. The molecular formula is C15H15FO. The summed E-state index contributed by atoms with van der Waals surface area (Å²) in [7, 11) is 0. The van der Waals surface area contributed by atoms with Crippen LogP contribution in [0.2, 0.25) is 0 Å². The molecule has 0 bridgehead atoms. The van der Waals surface area contributed by atoms with Crippen LogP contribution in [0.4, 0.5) is 4.39 Å². The molecule has 2 heteroatoms. The summed E-state index contributed by atoms with van der Waals surface area (Å²) in [5.41, 5.74) is 4.07. The zero-order chi connectivity index (χ0) is 12.3. The maximum Gasteiger partial charge on any atom is 0.123 e. The molecule has 0 heterocycles. The van der Waals surface area contributed by atoms with E-state index in [2.05, 4.69) is 0 Å². The molecule has 1 nitrogen and oxygen atoms in total. The van der Waals surface area contributed by atoms with Crippen LogP contribution in [0.3, 0.4) is 0 Å². The molecule has 17 heavy (non-hydrogen) atoms. The second-order valence-corrected chi connectivity index (χ2v) is 4.13. The molecule has 0 amide bonds. The second kappa shape index (κ2) is 5.11. The Morgan fingerprint density at radius 2 is 1.76 bits per heavy atom. The SMILES string of the molecule is Cc1ccc(F)cc1-c1ccc(CCO)cc1. The zero-order valence-corrected chi connectivity index (χ0v) is 9.78. The minimum Gasteiger partial charge on any atom is -0.396 e. The largest absolute Gasteiger partial charge is 0.396 e. The van der Waals surface area contributed by atoms with Crippen LogP contribution in [0, 0.1) is 12.7 Å². The summed E-state index contributed by atoms with van der Waals surface area (Å²) >= 11 is 0. The fourth-order valence-corrected chi connectivity index (χ4v) is 1.89. The summed E-state index contributed by atoms with van der Waals surface area (Å²) in [6.45, 7) is 2.12. The van der Waals surface area contributed by atoms with E-state index in [0.717, 1.165) is 22.3 Å². The van der Waals surface area contributed by atoms with Crippen LogP contribution in [0.5, 0.6) is 0 Å². The highest BCUT2D eigenvalue weighted by atomic mass is 19.1. The maximum atomic E-state index is 13.2. The summed E-state index contributed by atoms with van der Waals surface area (Å²) < 4.78 is 13.2. The predicted molar refractivity (Wildman–Crippen MR) is 67.4 cm³/mol. The van der Waals surface area contributed by atoms with Crippen molar-refractivity contribution in [1.29, 1.82) is 0 Å². The smallest absolute Gasteiger partial charge is 0.123 e. The molecule has 0 radical (unpaired) electrons. The molecule has 0 aliphatic heterocycles. The molecule has 0 unspecified atom stereocenters. The number of halogens is 1. The fraction of sp³-hybridized carbons (Fsp3) is 0.200. The van der Waals surface area contributed by atoms with Gasteiger partial charge in [-0.2, -0.15) is 0 Å². The van der Waals surface area contributed by atoms with E-state index in [9.17, 15) is 4.39 Å². The van der Waals surface area contributed by atoms with Gasteiger partial charge < -0.3 is 5.11 Å². The van der Waals surface area contributed by atoms with E-state index in [1.54, 1.807) is 12.1 Å². The summed E-state index contributed by atoms with van der Waals surface area (Å²) in [6, 6.07) is 12.7. The molecule has 2 aromatic carbocycles. The van der Waals surface area contributed by atoms with Crippen molar-refractivity contribution in [3.8, 4) is 11.1 Å². The van der Waals surface area contributed by atoms with Gasteiger partial charge in [0.25, 0.3) is 0 Å². The number of aliphatic hydroxyl groups is 1. The van der Waals surface area contributed by atoms with Crippen LogP contribution < -0.4 is 0 Å². The lowest BCUT2D eigenvalue weighted by Gasteiger charge is -2.07. The molecule has 0 aliphatic rings. The Kier molecular flexibility index (Phi) is 3.55. The van der Waals surface area contributed by atoms with Crippen molar-refractivity contribution in [2.45, 2.75) is 13.3 Å². The van der Waals surface area contributed by atoms with Gasteiger partial charge in [0, 0.05) is 6.61 Å². The minimum atomic E-state index is -0.218. The zero-order valence-electron chi connectivity index (χ0n) is 9.78. The van der Waals surface area contributed by atoms with Crippen molar-refractivity contribution in [1.82, 2.24) is 0 Å². The molecule has 0 atom stereocenters. The first-order chi connectivity index (χ1) is 8.20. The second-order valence-electron chi connectivity index (χ2n) is 4.13. The number of hydrogen-bond donors (Lipinski definition) is 1. The number of rotatable bonds is 3. The van der Waals surface area contributed by atoms with Gasteiger partial charge in [-0.3, -0.25) is 0 Å². The van der Waals surface area contributed by atoms with Gasteiger partial charge in [0.1, 0.15) is 5.82 Å². The number of aliphatic hydroxyl groups excluding tert-OH is 1. The number of hydrogen-bond acceptors (Lipinski definition) is 1. The summed E-state index contributed by atoms with van der Waals surface area (Å²) in [5.74, 6) is -0.218. The molecule has 0 spiro atoms. The molecule has 0 aliphatic carbocycles. The molecule has 0 fully saturated rings. The van der Waals surface area contributed by atoms with Crippen molar-refractivity contribution >= 4 is 0 Å². The van der Waals surface area contributed by atoms with E-state index in [0.29, 0.717) is 6.42 Å². The molecule has 2 rings (SSSR count). The highest BCUT2D eigenvalue weighted by Gasteiger charge is 2.03. The Bertz CT molecular complexity index is 503. The first kappa shape index (κ1) is 11.8. The van der Waals surface area contributed by atoms with Gasteiger partial charge in [-0.1, -0.05) is 30.3 Å². The first-order valence-electron chi connectivity index (χ1n) is 5.67. The lowest BCUT2D eigenvalue weighted by atomic mass is 9.99. The van der Waals surface area contributed by atoms with Crippen molar-refractivity contribution in [3.05, 3.63) is 59.4 Å². The molecule has 0 saturated carbocycles. The third-order valence-corrected chi connectivity index (χ3v) is 2.87. The van der Waals surface area contributed by atoms with Crippen LogP contribution in [-0.2, 0) is 6.42 Å². The average Bonchev–Trinajstić information content (AvgIpc) is 2.34. The number of benzene rings is 2. The Morgan fingerprint density at radius 3 is 2.41 bits per heavy atom. The standard InChI is InChI=1S/C15H15FO/c1-11-2-7-14(16)10-15(11)13-5-3-12(4-6-13)8-9-17/h2-7,10,17H,8-9H2,1H3. The fourth-order valence-electron chi connectivity index (χ4n) is 1.89. The van der Waals surface area contributed by atoms with Gasteiger partial charge in [0.15, 0.2) is 0 Å². The van der Waals surface area contributed by atoms with E-state index in [-0.39, 0.29) is 12.4 Å². The normalized spacial score (nSPS) is 10.5. The van der Waals surface area contributed by atoms with Gasteiger partial charge in [-0.05, 0) is 47.7 Å². The van der Waals surface area contributed by atoms with Gasteiger partial charge >= 0.3 is 0 Å². The maximum absolute atomic E-state index is 13.2. The van der Waals surface area contributed by atoms with E-state index in [4.69, 9.17) is 5.11 Å². The highest BCUT2D eigenvalue weighted by Crippen LogP contribution is 2.24. The van der Waals surface area contributed by atoms with Crippen LogP contribution >= 0.6 is 0 Å². The third-order valence-electron chi connectivity index (χ3n) is 2.87. The van der Waals surface area contributed by atoms with Gasteiger partial charge in [0.05, 0.1) is 0 Å². The molecule has 1 N–H and O–H groups in total. The van der Waals surface area contributed by atoms with E-state index in [1.165, 1.54) is 6.07 Å². The average molecular weight is 230 g/mol. The quantitative estimate of drug-likeness (QED) is 0.857. The number of aryl methyl sites for hydroxylation is 1. The van der Waals surface area contributed by atoms with Crippen molar-refractivity contribution in [2.24, 2.45) is 0 Å². The third kappa shape index (κ3) is 2.71. The highest BCUT2D eigenvalue weighted by molar-refractivity contribution is 5.67. The summed E-state index contributed by atoms with van der Waals surface area (Å²) in [5, 5.41) is 8.84. The summed E-state index contributed by atoms with van der Waals surface area (Å²) in [4.78, 5) is 0. The Morgan fingerprint density at radius 1 is 1.06 bits per heavy atom. The van der Waals surface area contributed by atoms with Crippen LogP contribution in [0.1, 0.15) is 11.1 Å². The molecular weight excluding hydrogens is 215 g/mol. The first-order valence-corrected chi connectivity index (χ1v) is 5.67. The lowest BCUT2D eigenvalue weighted by molar-refractivity contribution is 0.299. The Balaban J connectivity index is 2.36. The van der Waals surface area contributed by atoms with Crippen LogP contribution in [0.25, 0.3) is 11.1 Å². The van der Waals surface area contributed by atoms with Crippen molar-refractivity contribution in [2.75, 3.05) is 6.61 Å². The van der Waals surface area contributed by atoms with Crippen molar-refractivity contribution < 1.29 is 9.50 Å². The van der Waals surface area contributed by atoms with E-state index in [1.807, 2.05) is 31.2 Å². The topological polar surface area (TPSA) is 20.2 Å². The Labute approximate surface area is 101 Å². The van der Waals surface area contributed by atoms with E-state index >= 15 is 0 Å². The van der Waals surface area contributed by atoms with Crippen LogP contribution in [0.15, 0.2) is 42.5 Å². The van der Waals surface area contributed by atoms with Crippen LogP contribution in [-0.4, -0.2) is 11.7 Å². The summed E-state index contributed by atoms with van der Waals surface area (Å²) in [6.07, 6.45) is 0.655. The monoisotopic (exact) mass is 230 g/mol. The van der Waals surface area contributed by atoms with Gasteiger partial charge in [0.2, 0.25) is 0 Å². The molecule has 88 valence electrons. The molecule has 2 aromatic rings. The lowest BCUT2D eigenvalue weighted by Crippen LogP contribution is -1.91.